The molecule has 0 aliphatic carbocycles. The minimum atomic E-state index is -0.439. The predicted octanol–water partition coefficient (Wildman–Crippen LogP) is 3.32. The van der Waals surface area contributed by atoms with Crippen LogP contribution in [-0.2, 0) is 5.75 Å². The lowest BCUT2D eigenvalue weighted by Crippen LogP contribution is -2.16. The molecule has 26 heavy (non-hydrogen) atoms. The van der Waals surface area contributed by atoms with Crippen molar-refractivity contribution in [2.24, 2.45) is 0 Å². The largest absolute Gasteiger partial charge is 0.385 e. The van der Waals surface area contributed by atoms with Gasteiger partial charge in [0, 0.05) is 29.6 Å². The van der Waals surface area contributed by atoms with Gasteiger partial charge in [0.15, 0.2) is 5.16 Å². The zero-order valence-electron chi connectivity index (χ0n) is 14.0. The quantitative estimate of drug-likeness (QED) is 0.321. The first-order valence-electron chi connectivity index (χ1n) is 7.77. The Morgan fingerprint density at radius 3 is 2.58 bits per heavy atom. The summed E-state index contributed by atoms with van der Waals surface area (Å²) in [5.41, 5.74) is 8.46. The molecule has 0 bridgehead atoms. The Kier molecular flexibility index (Phi) is 5.04. The van der Waals surface area contributed by atoms with E-state index >= 15 is 0 Å². The molecule has 0 amide bonds. The zero-order chi connectivity index (χ0) is 18.7. The number of hydrogen-bond donors (Lipinski definition) is 1. The molecular formula is C18H16N4O3S. The van der Waals surface area contributed by atoms with Crippen molar-refractivity contribution < 1.29 is 4.92 Å². The number of benzene rings is 2. The molecule has 3 rings (SSSR count). The Hall–Kier alpha value is -3.13. The third-order valence-electron chi connectivity index (χ3n) is 3.70. The molecule has 0 saturated carbocycles. The van der Waals surface area contributed by atoms with Crippen LogP contribution in [0.1, 0.15) is 11.1 Å². The summed E-state index contributed by atoms with van der Waals surface area (Å²) in [6.07, 6.45) is 0. The molecule has 1 heterocycles. The molecule has 132 valence electrons. The highest BCUT2D eigenvalue weighted by Gasteiger charge is 2.11. The first-order valence-corrected chi connectivity index (χ1v) is 8.75. The van der Waals surface area contributed by atoms with Crippen molar-refractivity contribution in [2.75, 3.05) is 5.73 Å². The molecule has 0 saturated heterocycles. The summed E-state index contributed by atoms with van der Waals surface area (Å²) in [4.78, 5) is 26.2. The molecule has 0 unspecified atom stereocenters. The number of anilines is 1. The predicted molar refractivity (Wildman–Crippen MR) is 102 cm³/mol. The summed E-state index contributed by atoms with van der Waals surface area (Å²) in [6.45, 7) is 1.97. The molecule has 0 aliphatic rings. The number of thioether (sulfide) groups is 1. The second-order valence-electron chi connectivity index (χ2n) is 5.69. The average molecular weight is 368 g/mol. The summed E-state index contributed by atoms with van der Waals surface area (Å²) in [7, 11) is 0. The van der Waals surface area contributed by atoms with E-state index in [4.69, 9.17) is 5.73 Å². The van der Waals surface area contributed by atoms with Gasteiger partial charge in [-0.15, -0.1) is 0 Å². The van der Waals surface area contributed by atoms with E-state index in [1.54, 1.807) is 16.7 Å². The van der Waals surface area contributed by atoms with Crippen molar-refractivity contribution in [3.63, 3.8) is 0 Å². The van der Waals surface area contributed by atoms with E-state index in [0.29, 0.717) is 16.7 Å². The molecule has 2 N–H and O–H groups in total. The second kappa shape index (κ2) is 7.40. The van der Waals surface area contributed by atoms with Crippen molar-refractivity contribution in [1.29, 1.82) is 0 Å². The van der Waals surface area contributed by atoms with Crippen LogP contribution >= 0.6 is 11.8 Å². The molecule has 1 aromatic heterocycles. The summed E-state index contributed by atoms with van der Waals surface area (Å²) in [5, 5.41) is 11.2. The third kappa shape index (κ3) is 3.92. The average Bonchev–Trinajstić information content (AvgIpc) is 2.59. The number of nitrogen functional groups attached to an aromatic ring is 1. The summed E-state index contributed by atoms with van der Waals surface area (Å²) in [6, 6.07) is 15.3. The van der Waals surface area contributed by atoms with Crippen LogP contribution in [0.3, 0.4) is 0 Å². The van der Waals surface area contributed by atoms with Crippen molar-refractivity contribution in [3.05, 3.63) is 86.2 Å². The lowest BCUT2D eigenvalue weighted by atomic mass is 10.2. The van der Waals surface area contributed by atoms with E-state index in [-0.39, 0.29) is 5.69 Å². The Bertz CT molecular complexity index is 1020. The van der Waals surface area contributed by atoms with E-state index < -0.39 is 10.5 Å². The van der Waals surface area contributed by atoms with Gasteiger partial charge in [-0.1, -0.05) is 36.0 Å². The Morgan fingerprint density at radius 2 is 1.92 bits per heavy atom. The normalized spacial score (nSPS) is 10.7. The number of aryl methyl sites for hydroxylation is 1. The maximum absolute atomic E-state index is 11.8. The van der Waals surface area contributed by atoms with Gasteiger partial charge in [-0.25, -0.2) is 0 Å². The fraction of sp³-hybridized carbons (Fsp3) is 0.111. The number of hydrogen-bond acceptors (Lipinski definition) is 6. The first-order chi connectivity index (χ1) is 12.4. The Balaban J connectivity index is 1.92. The number of rotatable bonds is 5. The topological polar surface area (TPSA) is 104 Å². The highest BCUT2D eigenvalue weighted by molar-refractivity contribution is 7.98. The van der Waals surface area contributed by atoms with Crippen LogP contribution in [-0.4, -0.2) is 14.5 Å². The van der Waals surface area contributed by atoms with Crippen LogP contribution < -0.4 is 11.3 Å². The van der Waals surface area contributed by atoms with Crippen LogP contribution in [0.4, 0.5) is 11.5 Å². The molecule has 0 aliphatic heterocycles. The van der Waals surface area contributed by atoms with Gasteiger partial charge in [0.25, 0.3) is 11.2 Å². The minimum absolute atomic E-state index is 0.0394. The molecule has 7 nitrogen and oxygen atoms in total. The standard InChI is InChI=1S/C18H16N4O3S/c1-12-3-2-4-15(9-12)21-16(19)10-17(23)20-18(21)26-11-13-5-7-14(8-6-13)22(24)25/h2-10H,11,19H2,1H3. The highest BCUT2D eigenvalue weighted by Crippen LogP contribution is 2.26. The van der Waals surface area contributed by atoms with Gasteiger partial charge in [-0.2, -0.15) is 4.98 Å². The number of aromatic nitrogens is 2. The molecule has 0 spiro atoms. The fourth-order valence-corrected chi connectivity index (χ4v) is 3.45. The number of non-ortho nitro benzene ring substituents is 1. The van der Waals surface area contributed by atoms with Crippen molar-refractivity contribution in [3.8, 4) is 5.69 Å². The monoisotopic (exact) mass is 368 g/mol. The number of nitro groups is 1. The van der Waals surface area contributed by atoms with Gasteiger partial charge in [0.2, 0.25) is 0 Å². The number of nitrogens with zero attached hydrogens (tertiary/aromatic N) is 3. The summed E-state index contributed by atoms with van der Waals surface area (Å²) >= 11 is 1.35. The number of nitro benzene ring substituents is 1. The van der Waals surface area contributed by atoms with Gasteiger partial charge in [0.1, 0.15) is 5.82 Å². The lowest BCUT2D eigenvalue weighted by molar-refractivity contribution is -0.384. The molecule has 0 radical (unpaired) electrons. The van der Waals surface area contributed by atoms with E-state index in [1.807, 2.05) is 31.2 Å². The summed E-state index contributed by atoms with van der Waals surface area (Å²) in [5.74, 6) is 0.807. The minimum Gasteiger partial charge on any atom is -0.385 e. The van der Waals surface area contributed by atoms with E-state index in [2.05, 4.69) is 4.98 Å². The molecule has 3 aromatic rings. The van der Waals surface area contributed by atoms with Crippen molar-refractivity contribution in [2.45, 2.75) is 17.8 Å². The maximum atomic E-state index is 11.8. The zero-order valence-corrected chi connectivity index (χ0v) is 14.8. The third-order valence-corrected chi connectivity index (χ3v) is 4.71. The van der Waals surface area contributed by atoms with Gasteiger partial charge in [-0.05, 0) is 30.2 Å². The summed E-state index contributed by atoms with van der Waals surface area (Å²) < 4.78 is 1.73. The van der Waals surface area contributed by atoms with Gasteiger partial charge >= 0.3 is 0 Å². The van der Waals surface area contributed by atoms with Crippen LogP contribution in [0.2, 0.25) is 0 Å². The molecule has 0 fully saturated rings. The van der Waals surface area contributed by atoms with E-state index in [9.17, 15) is 14.9 Å². The van der Waals surface area contributed by atoms with Gasteiger partial charge < -0.3 is 5.73 Å². The molecule has 8 heteroatoms. The van der Waals surface area contributed by atoms with Gasteiger partial charge in [0.05, 0.1) is 4.92 Å². The van der Waals surface area contributed by atoms with Crippen LogP contribution in [0.15, 0.2) is 64.5 Å². The van der Waals surface area contributed by atoms with E-state index in [0.717, 1.165) is 16.8 Å². The Morgan fingerprint density at radius 1 is 1.19 bits per heavy atom. The maximum Gasteiger partial charge on any atom is 0.275 e. The van der Waals surface area contributed by atoms with Crippen molar-refractivity contribution in [1.82, 2.24) is 9.55 Å². The first kappa shape index (κ1) is 17.7. The SMILES string of the molecule is Cc1cccc(-n2c(N)cc(=O)nc2SCc2ccc([N+](=O)[O-])cc2)c1. The van der Waals surface area contributed by atoms with E-state index in [1.165, 1.54) is 30.0 Å². The molecule has 0 atom stereocenters. The van der Waals surface area contributed by atoms with Crippen LogP contribution in [0.5, 0.6) is 0 Å². The number of nitrogens with two attached hydrogens (primary N) is 1. The van der Waals surface area contributed by atoms with Crippen LogP contribution in [0, 0.1) is 17.0 Å². The van der Waals surface area contributed by atoms with Gasteiger partial charge in [-0.3, -0.25) is 19.5 Å². The lowest BCUT2D eigenvalue weighted by Gasteiger charge is -2.15. The molecular weight excluding hydrogens is 352 g/mol. The highest BCUT2D eigenvalue weighted by atomic mass is 32.2. The fourth-order valence-electron chi connectivity index (χ4n) is 2.46. The molecule has 2 aromatic carbocycles. The Labute approximate surface area is 153 Å². The van der Waals surface area contributed by atoms with Crippen molar-refractivity contribution >= 4 is 23.3 Å². The van der Waals surface area contributed by atoms with Crippen LogP contribution in [0.25, 0.3) is 5.69 Å². The second-order valence-corrected chi connectivity index (χ2v) is 6.63. The smallest absolute Gasteiger partial charge is 0.275 e.